The molecule has 0 bridgehead atoms. The molecular formula is C19H20N4O4S. The summed E-state index contributed by atoms with van der Waals surface area (Å²) in [5.74, 6) is 1.78. The first-order valence-electron chi connectivity index (χ1n) is 8.28. The number of ether oxygens (including phenoxy) is 2. The second-order valence-electron chi connectivity index (χ2n) is 5.91. The van der Waals surface area contributed by atoms with E-state index in [1.807, 2.05) is 18.2 Å². The van der Waals surface area contributed by atoms with Crippen molar-refractivity contribution in [2.24, 2.45) is 0 Å². The smallest absolute Gasteiger partial charge is 0.229 e. The first kappa shape index (κ1) is 19.4. The minimum Gasteiger partial charge on any atom is -0.493 e. The van der Waals surface area contributed by atoms with Crippen LogP contribution in [0.4, 0.5) is 17.2 Å². The highest BCUT2D eigenvalue weighted by atomic mass is 32.2. The van der Waals surface area contributed by atoms with Crippen molar-refractivity contribution in [1.29, 1.82) is 0 Å². The van der Waals surface area contributed by atoms with E-state index in [0.717, 1.165) is 17.5 Å². The van der Waals surface area contributed by atoms with E-state index in [1.54, 1.807) is 44.6 Å². The van der Waals surface area contributed by atoms with Crippen LogP contribution in [-0.4, -0.2) is 38.9 Å². The van der Waals surface area contributed by atoms with Crippen LogP contribution in [0.3, 0.4) is 0 Å². The lowest BCUT2D eigenvalue weighted by atomic mass is 10.1. The molecule has 0 spiro atoms. The molecule has 8 nitrogen and oxygen atoms in total. The molecular weight excluding hydrogens is 380 g/mol. The Bertz CT molecular complexity index is 1070. The molecule has 0 aliphatic carbocycles. The standard InChI is InChI=1S/C19H20N4O4S/c1-26-17-6-4-5-15(19(17)27-2)16-11-18(21-12-20-16)22-13-7-9-14(10-8-13)23-28(3,24)25/h4-12,23H,1-3H3,(H,20,21,22). The average Bonchev–Trinajstić information content (AvgIpc) is 2.68. The monoisotopic (exact) mass is 400 g/mol. The summed E-state index contributed by atoms with van der Waals surface area (Å²) in [5.41, 5.74) is 2.68. The maximum absolute atomic E-state index is 11.3. The molecule has 0 saturated carbocycles. The number of benzene rings is 2. The van der Waals surface area contributed by atoms with E-state index < -0.39 is 10.0 Å². The maximum Gasteiger partial charge on any atom is 0.229 e. The molecule has 0 saturated heterocycles. The lowest BCUT2D eigenvalue weighted by Crippen LogP contribution is -2.09. The lowest BCUT2D eigenvalue weighted by Gasteiger charge is -2.13. The van der Waals surface area contributed by atoms with Gasteiger partial charge in [0.05, 0.1) is 26.2 Å². The van der Waals surface area contributed by atoms with Gasteiger partial charge in [-0.25, -0.2) is 18.4 Å². The third-order valence-corrected chi connectivity index (χ3v) is 4.41. The van der Waals surface area contributed by atoms with Crippen molar-refractivity contribution >= 4 is 27.2 Å². The second kappa shape index (κ2) is 8.13. The number of rotatable bonds is 7. The molecule has 3 rings (SSSR count). The van der Waals surface area contributed by atoms with Gasteiger partial charge in [0.15, 0.2) is 11.5 Å². The Morgan fingerprint density at radius 2 is 1.64 bits per heavy atom. The molecule has 1 heterocycles. The van der Waals surface area contributed by atoms with Crippen molar-refractivity contribution in [2.75, 3.05) is 30.5 Å². The first-order valence-corrected chi connectivity index (χ1v) is 10.2. The fourth-order valence-corrected chi connectivity index (χ4v) is 3.21. The van der Waals surface area contributed by atoms with Gasteiger partial charge in [-0.3, -0.25) is 4.72 Å². The summed E-state index contributed by atoms with van der Waals surface area (Å²) < 4.78 is 35.8. The van der Waals surface area contributed by atoms with Gasteiger partial charge >= 0.3 is 0 Å². The SMILES string of the molecule is COc1cccc(-c2cc(Nc3ccc(NS(C)(=O)=O)cc3)ncn2)c1OC. The highest BCUT2D eigenvalue weighted by molar-refractivity contribution is 7.92. The minimum atomic E-state index is -3.31. The first-order chi connectivity index (χ1) is 13.4. The van der Waals surface area contributed by atoms with Gasteiger partial charge in [-0.05, 0) is 36.4 Å². The number of para-hydroxylation sites is 1. The van der Waals surface area contributed by atoms with Gasteiger partial charge < -0.3 is 14.8 Å². The number of hydrogen-bond donors (Lipinski definition) is 2. The molecule has 0 radical (unpaired) electrons. The molecule has 0 aliphatic rings. The highest BCUT2D eigenvalue weighted by Gasteiger charge is 2.13. The van der Waals surface area contributed by atoms with Crippen molar-refractivity contribution in [2.45, 2.75) is 0 Å². The molecule has 0 fully saturated rings. The van der Waals surface area contributed by atoms with E-state index in [2.05, 4.69) is 20.0 Å². The maximum atomic E-state index is 11.3. The Labute approximate surface area is 163 Å². The van der Waals surface area contributed by atoms with Crippen LogP contribution >= 0.6 is 0 Å². The number of methoxy groups -OCH3 is 2. The molecule has 0 atom stereocenters. The summed E-state index contributed by atoms with van der Waals surface area (Å²) in [4.78, 5) is 8.56. The molecule has 3 aromatic rings. The van der Waals surface area contributed by atoms with Crippen LogP contribution in [-0.2, 0) is 10.0 Å². The van der Waals surface area contributed by atoms with Crippen LogP contribution in [0.15, 0.2) is 54.9 Å². The summed E-state index contributed by atoms with van der Waals surface area (Å²) in [6.07, 6.45) is 2.56. The molecule has 0 aliphatic heterocycles. The van der Waals surface area contributed by atoms with Gasteiger partial charge in [-0.2, -0.15) is 0 Å². The Balaban J connectivity index is 1.85. The normalized spacial score (nSPS) is 11.0. The van der Waals surface area contributed by atoms with Crippen LogP contribution in [0.5, 0.6) is 11.5 Å². The van der Waals surface area contributed by atoms with Crippen molar-refractivity contribution in [3.63, 3.8) is 0 Å². The van der Waals surface area contributed by atoms with Gasteiger partial charge in [0.25, 0.3) is 0 Å². The Morgan fingerprint density at radius 3 is 2.29 bits per heavy atom. The van der Waals surface area contributed by atoms with E-state index in [4.69, 9.17) is 9.47 Å². The summed E-state index contributed by atoms with van der Waals surface area (Å²) in [6.45, 7) is 0. The number of anilines is 3. The largest absolute Gasteiger partial charge is 0.493 e. The molecule has 1 aromatic heterocycles. The van der Waals surface area contributed by atoms with Crippen molar-refractivity contribution in [3.8, 4) is 22.8 Å². The Kier molecular flexibility index (Phi) is 5.65. The van der Waals surface area contributed by atoms with Crippen LogP contribution in [0.1, 0.15) is 0 Å². The van der Waals surface area contributed by atoms with Crippen LogP contribution in [0.25, 0.3) is 11.3 Å². The number of sulfonamides is 1. The quantitative estimate of drug-likeness (QED) is 0.627. The fourth-order valence-electron chi connectivity index (χ4n) is 2.65. The van der Waals surface area contributed by atoms with Gasteiger partial charge in [0, 0.05) is 23.0 Å². The zero-order chi connectivity index (χ0) is 20.1. The van der Waals surface area contributed by atoms with E-state index in [9.17, 15) is 8.42 Å². The molecule has 28 heavy (non-hydrogen) atoms. The number of hydrogen-bond acceptors (Lipinski definition) is 7. The number of nitrogens with zero attached hydrogens (tertiary/aromatic N) is 2. The summed E-state index contributed by atoms with van der Waals surface area (Å²) in [6, 6.07) is 14.2. The lowest BCUT2D eigenvalue weighted by molar-refractivity contribution is 0.356. The third-order valence-electron chi connectivity index (χ3n) is 3.81. The highest BCUT2D eigenvalue weighted by Crippen LogP contribution is 2.37. The van der Waals surface area contributed by atoms with Crippen LogP contribution in [0.2, 0.25) is 0 Å². The van der Waals surface area contributed by atoms with Crippen LogP contribution in [0, 0.1) is 0 Å². The van der Waals surface area contributed by atoms with E-state index in [1.165, 1.54) is 6.33 Å². The van der Waals surface area contributed by atoms with Crippen LogP contribution < -0.4 is 19.5 Å². The summed E-state index contributed by atoms with van der Waals surface area (Å²) in [7, 11) is -0.153. The number of aromatic nitrogens is 2. The van der Waals surface area contributed by atoms with Crippen molar-refractivity contribution < 1.29 is 17.9 Å². The van der Waals surface area contributed by atoms with Gasteiger partial charge in [-0.1, -0.05) is 6.07 Å². The van der Waals surface area contributed by atoms with Gasteiger partial charge in [0.2, 0.25) is 10.0 Å². The van der Waals surface area contributed by atoms with E-state index in [0.29, 0.717) is 28.7 Å². The summed E-state index contributed by atoms with van der Waals surface area (Å²) >= 11 is 0. The third kappa shape index (κ3) is 4.68. The summed E-state index contributed by atoms with van der Waals surface area (Å²) in [5, 5.41) is 3.17. The molecule has 146 valence electrons. The van der Waals surface area contributed by atoms with E-state index in [-0.39, 0.29) is 0 Å². The van der Waals surface area contributed by atoms with Crippen molar-refractivity contribution in [3.05, 3.63) is 54.9 Å². The molecule has 2 N–H and O–H groups in total. The van der Waals surface area contributed by atoms with Crippen molar-refractivity contribution in [1.82, 2.24) is 9.97 Å². The number of nitrogens with one attached hydrogen (secondary N) is 2. The predicted octanol–water partition coefficient (Wildman–Crippen LogP) is 3.28. The average molecular weight is 400 g/mol. The van der Waals surface area contributed by atoms with E-state index >= 15 is 0 Å². The van der Waals surface area contributed by atoms with Gasteiger partial charge in [-0.15, -0.1) is 0 Å². The zero-order valence-electron chi connectivity index (χ0n) is 15.6. The zero-order valence-corrected chi connectivity index (χ0v) is 16.4. The topological polar surface area (TPSA) is 102 Å². The molecule has 2 aromatic carbocycles. The van der Waals surface area contributed by atoms with Gasteiger partial charge in [0.1, 0.15) is 12.1 Å². The Hall–Kier alpha value is -3.33. The second-order valence-corrected chi connectivity index (χ2v) is 7.65. The minimum absolute atomic E-state index is 0.484. The fraction of sp³-hybridized carbons (Fsp3) is 0.158. The molecule has 0 amide bonds. The molecule has 9 heteroatoms. The predicted molar refractivity (Wildman–Crippen MR) is 109 cm³/mol. The Morgan fingerprint density at radius 1 is 0.929 bits per heavy atom. The molecule has 0 unspecified atom stereocenters.